The van der Waals surface area contributed by atoms with Crippen LogP contribution in [0.2, 0.25) is 0 Å². The van der Waals surface area contributed by atoms with Gasteiger partial charge in [0.15, 0.2) is 10.9 Å². The van der Waals surface area contributed by atoms with Gasteiger partial charge in [-0.3, -0.25) is 0 Å². The van der Waals surface area contributed by atoms with Gasteiger partial charge < -0.3 is 16.2 Å². The largest absolute Gasteiger partial charge is 0.507 e. The van der Waals surface area contributed by atoms with Crippen LogP contribution in [0.1, 0.15) is 52.7 Å². The Labute approximate surface area is 154 Å². The summed E-state index contributed by atoms with van der Waals surface area (Å²) >= 11 is 5.19. The fourth-order valence-corrected chi connectivity index (χ4v) is 2.74. The van der Waals surface area contributed by atoms with E-state index in [1.807, 2.05) is 12.1 Å². The number of hydrogen-bond donors (Lipinski definition) is 3. The van der Waals surface area contributed by atoms with E-state index in [4.69, 9.17) is 18.0 Å². The maximum absolute atomic E-state index is 10.8. The number of phenolic OH excluding ortho intramolecular Hbond substituents is 1. The van der Waals surface area contributed by atoms with Gasteiger partial charge in [0, 0.05) is 23.7 Å². The summed E-state index contributed by atoms with van der Waals surface area (Å²) in [6.45, 7) is 12.4. The number of phenols is 1. The highest BCUT2D eigenvalue weighted by atomic mass is 32.1. The molecule has 25 heavy (non-hydrogen) atoms. The molecule has 6 nitrogen and oxygen atoms in total. The molecule has 0 aliphatic heterocycles. The van der Waals surface area contributed by atoms with Gasteiger partial charge >= 0.3 is 0 Å². The van der Waals surface area contributed by atoms with Crippen molar-refractivity contribution in [1.29, 1.82) is 0 Å². The van der Waals surface area contributed by atoms with Crippen LogP contribution in [0, 0.1) is 0 Å². The second-order valence-electron chi connectivity index (χ2n) is 8.18. The lowest BCUT2D eigenvalue weighted by molar-refractivity contribution is 0.423. The van der Waals surface area contributed by atoms with E-state index in [0.717, 1.165) is 16.7 Å². The Morgan fingerprint density at radius 3 is 2.00 bits per heavy atom. The number of nitrogens with two attached hydrogens (primary N) is 1. The third kappa shape index (κ3) is 3.76. The van der Waals surface area contributed by atoms with Crippen molar-refractivity contribution in [2.75, 3.05) is 12.8 Å². The van der Waals surface area contributed by atoms with E-state index < -0.39 is 0 Å². The second-order valence-corrected chi connectivity index (χ2v) is 8.57. The topological polar surface area (TPSA) is 89.0 Å². The number of nitrogens with one attached hydrogen (secondary N) is 1. The highest BCUT2D eigenvalue weighted by molar-refractivity contribution is 7.80. The van der Waals surface area contributed by atoms with Gasteiger partial charge in [0.1, 0.15) is 5.75 Å². The fourth-order valence-electron chi connectivity index (χ4n) is 2.61. The van der Waals surface area contributed by atoms with Crippen molar-refractivity contribution in [2.24, 2.45) is 0 Å². The maximum Gasteiger partial charge on any atom is 0.226 e. The quantitative estimate of drug-likeness (QED) is 0.676. The lowest BCUT2D eigenvalue weighted by Crippen LogP contribution is -2.26. The van der Waals surface area contributed by atoms with Crippen LogP contribution in [-0.2, 0) is 10.8 Å². The molecule has 0 aliphatic carbocycles. The van der Waals surface area contributed by atoms with Gasteiger partial charge in [-0.05, 0) is 35.2 Å². The molecule has 2 aromatic rings. The van der Waals surface area contributed by atoms with Crippen LogP contribution < -0.4 is 11.1 Å². The normalized spacial score (nSPS) is 12.3. The number of hydrogen-bond acceptors (Lipinski definition) is 5. The van der Waals surface area contributed by atoms with E-state index in [2.05, 4.69) is 56.9 Å². The molecule has 0 spiro atoms. The van der Waals surface area contributed by atoms with Gasteiger partial charge in [-0.25, -0.2) is 0 Å². The lowest BCUT2D eigenvalue weighted by Gasteiger charge is -2.27. The molecule has 1 aromatic heterocycles. The van der Waals surface area contributed by atoms with E-state index >= 15 is 0 Å². The number of anilines is 1. The standard InChI is InChI=1S/C18H27N5OS/c1-17(2,3)11-8-10(9-12(13(11)24)18(4,5)6)14-21-15(19)23(22-14)16(25)20-7/h8-9,24H,1-7H3,(H,20,25)(H2,19,21,22). The second kappa shape index (κ2) is 6.29. The Kier molecular flexibility index (Phi) is 4.83. The van der Waals surface area contributed by atoms with Crippen LogP contribution in [0.3, 0.4) is 0 Å². The molecule has 0 atom stereocenters. The molecular formula is C18H27N5OS. The highest BCUT2D eigenvalue weighted by Gasteiger charge is 2.27. The van der Waals surface area contributed by atoms with Crippen molar-refractivity contribution in [3.05, 3.63) is 23.3 Å². The van der Waals surface area contributed by atoms with Crippen LogP contribution in [0.25, 0.3) is 11.4 Å². The van der Waals surface area contributed by atoms with E-state index in [-0.39, 0.29) is 16.8 Å². The molecule has 0 unspecified atom stereocenters. The minimum absolute atomic E-state index is 0.219. The van der Waals surface area contributed by atoms with Crippen LogP contribution in [0.5, 0.6) is 5.75 Å². The Hall–Kier alpha value is -2.15. The molecule has 7 heteroatoms. The minimum atomic E-state index is -0.228. The average molecular weight is 362 g/mol. The van der Waals surface area contributed by atoms with Gasteiger partial charge in [0.25, 0.3) is 0 Å². The number of aromatic nitrogens is 3. The summed E-state index contributed by atoms with van der Waals surface area (Å²) in [5.41, 5.74) is 7.99. The monoisotopic (exact) mass is 361 g/mol. The molecule has 136 valence electrons. The number of nitrogen functional groups attached to an aromatic ring is 1. The minimum Gasteiger partial charge on any atom is -0.507 e. The van der Waals surface area contributed by atoms with Crippen LogP contribution in [0.15, 0.2) is 12.1 Å². The van der Waals surface area contributed by atoms with Crippen molar-refractivity contribution in [2.45, 2.75) is 52.4 Å². The van der Waals surface area contributed by atoms with E-state index in [1.54, 1.807) is 7.05 Å². The fraction of sp³-hybridized carbons (Fsp3) is 0.500. The summed E-state index contributed by atoms with van der Waals surface area (Å²) in [4.78, 5) is 4.35. The predicted molar refractivity (Wildman–Crippen MR) is 106 cm³/mol. The number of benzene rings is 1. The van der Waals surface area contributed by atoms with Gasteiger partial charge in [-0.15, -0.1) is 5.10 Å². The smallest absolute Gasteiger partial charge is 0.226 e. The molecular weight excluding hydrogens is 334 g/mol. The van der Waals surface area contributed by atoms with Crippen molar-refractivity contribution in [3.8, 4) is 17.1 Å². The molecule has 0 fully saturated rings. The Morgan fingerprint density at radius 2 is 1.60 bits per heavy atom. The first-order chi connectivity index (χ1) is 11.4. The maximum atomic E-state index is 10.8. The van der Waals surface area contributed by atoms with Gasteiger partial charge in [-0.2, -0.15) is 9.67 Å². The van der Waals surface area contributed by atoms with E-state index in [0.29, 0.717) is 16.7 Å². The SMILES string of the molecule is CNC(=S)n1nc(-c2cc(C(C)(C)C)c(O)c(C(C)(C)C)c2)nc1N. The number of nitrogens with zero attached hydrogens (tertiary/aromatic N) is 3. The summed E-state index contributed by atoms with van der Waals surface area (Å²) in [7, 11) is 1.71. The van der Waals surface area contributed by atoms with Crippen molar-refractivity contribution < 1.29 is 5.11 Å². The highest BCUT2D eigenvalue weighted by Crippen LogP contribution is 2.41. The third-order valence-corrected chi connectivity index (χ3v) is 4.40. The molecule has 0 saturated heterocycles. The summed E-state index contributed by atoms with van der Waals surface area (Å²) in [6.07, 6.45) is 0. The Balaban J connectivity index is 2.73. The van der Waals surface area contributed by atoms with Crippen molar-refractivity contribution in [3.63, 3.8) is 0 Å². The Morgan fingerprint density at radius 1 is 1.12 bits per heavy atom. The average Bonchev–Trinajstić information content (AvgIpc) is 2.86. The molecule has 0 aliphatic rings. The Bertz CT molecular complexity index is 777. The van der Waals surface area contributed by atoms with Gasteiger partial charge in [-0.1, -0.05) is 41.5 Å². The summed E-state index contributed by atoms with van der Waals surface area (Å²) in [5, 5.41) is 18.5. The summed E-state index contributed by atoms with van der Waals surface area (Å²) in [5.74, 6) is 1.02. The van der Waals surface area contributed by atoms with Crippen molar-refractivity contribution >= 4 is 23.3 Å². The van der Waals surface area contributed by atoms with Gasteiger partial charge in [0.2, 0.25) is 5.95 Å². The zero-order chi connectivity index (χ0) is 19.2. The lowest BCUT2D eigenvalue weighted by atomic mass is 9.78. The van der Waals surface area contributed by atoms with E-state index in [1.165, 1.54) is 4.68 Å². The number of thiocarbonyl (C=S) groups is 1. The molecule has 1 heterocycles. The van der Waals surface area contributed by atoms with E-state index in [9.17, 15) is 5.11 Å². The first-order valence-corrected chi connectivity index (χ1v) is 8.60. The number of rotatable bonds is 1. The first kappa shape index (κ1) is 19.2. The summed E-state index contributed by atoms with van der Waals surface area (Å²) < 4.78 is 1.39. The third-order valence-electron chi connectivity index (χ3n) is 4.02. The molecule has 0 saturated carbocycles. The van der Waals surface area contributed by atoms with Gasteiger partial charge in [0.05, 0.1) is 0 Å². The summed E-state index contributed by atoms with van der Waals surface area (Å²) in [6, 6.07) is 3.85. The molecule has 0 bridgehead atoms. The molecule has 1 aromatic carbocycles. The van der Waals surface area contributed by atoms with Crippen LogP contribution in [0.4, 0.5) is 5.95 Å². The predicted octanol–water partition coefficient (Wildman–Crippen LogP) is 3.18. The molecule has 2 rings (SSSR count). The molecule has 4 N–H and O–H groups in total. The molecule has 0 amide bonds. The number of aromatic hydroxyl groups is 1. The van der Waals surface area contributed by atoms with Crippen LogP contribution in [-0.4, -0.2) is 32.0 Å². The van der Waals surface area contributed by atoms with Crippen molar-refractivity contribution in [1.82, 2.24) is 20.1 Å². The first-order valence-electron chi connectivity index (χ1n) is 8.19. The zero-order valence-electron chi connectivity index (χ0n) is 15.9. The zero-order valence-corrected chi connectivity index (χ0v) is 16.7. The molecule has 0 radical (unpaired) electrons. The van der Waals surface area contributed by atoms with Crippen LogP contribution >= 0.6 is 12.2 Å².